The van der Waals surface area contributed by atoms with Crippen LogP contribution in [0.5, 0.6) is 0 Å². The second kappa shape index (κ2) is 7.38. The summed E-state index contributed by atoms with van der Waals surface area (Å²) in [5, 5.41) is 4.75. The van der Waals surface area contributed by atoms with Gasteiger partial charge in [0.1, 0.15) is 0 Å². The first-order valence-corrected chi connectivity index (χ1v) is 11.5. The fraction of sp³-hybridized carbons (Fsp3) is 0. The third kappa shape index (κ3) is 3.74. The standard InChI is InChI=1S/C22H18O3P2/c23-27(24,25)22-16-20(15-17-9-7-8-14-21(17)22)26(18-10-3-1-4-11-18)19-12-5-2-6-13-19/h1-16H,(H2,23,24,25). The van der Waals surface area contributed by atoms with E-state index < -0.39 is 15.5 Å². The SMILES string of the molecule is O=P(O)(O)c1cc(P(c2ccccc2)c2ccccc2)cc2ccccc12. The van der Waals surface area contributed by atoms with Gasteiger partial charge in [-0.15, -0.1) is 0 Å². The topological polar surface area (TPSA) is 57.5 Å². The van der Waals surface area contributed by atoms with Crippen LogP contribution in [0.3, 0.4) is 0 Å². The van der Waals surface area contributed by atoms with E-state index in [9.17, 15) is 14.4 Å². The molecular formula is C22H18O3P2. The summed E-state index contributed by atoms with van der Waals surface area (Å²) in [6.45, 7) is 0. The lowest BCUT2D eigenvalue weighted by molar-refractivity contribution is 0.388. The first-order valence-electron chi connectivity index (χ1n) is 8.53. The molecule has 134 valence electrons. The molecule has 3 nitrogen and oxygen atoms in total. The van der Waals surface area contributed by atoms with Gasteiger partial charge >= 0.3 is 7.60 Å². The van der Waals surface area contributed by atoms with Gasteiger partial charge < -0.3 is 9.79 Å². The number of rotatable bonds is 4. The molecule has 0 atom stereocenters. The van der Waals surface area contributed by atoms with E-state index in [2.05, 4.69) is 30.3 Å². The maximum Gasteiger partial charge on any atom is 0.356 e. The van der Waals surface area contributed by atoms with Crippen LogP contribution in [0.2, 0.25) is 0 Å². The van der Waals surface area contributed by atoms with E-state index in [1.54, 1.807) is 18.2 Å². The summed E-state index contributed by atoms with van der Waals surface area (Å²) in [6.07, 6.45) is 0. The zero-order valence-corrected chi connectivity index (χ0v) is 16.2. The van der Waals surface area contributed by atoms with Crippen molar-refractivity contribution in [2.45, 2.75) is 0 Å². The van der Waals surface area contributed by atoms with Crippen molar-refractivity contribution < 1.29 is 14.4 Å². The molecule has 5 heteroatoms. The molecule has 0 unspecified atom stereocenters. The molecule has 0 aliphatic rings. The summed E-state index contributed by atoms with van der Waals surface area (Å²) >= 11 is 0. The minimum atomic E-state index is -4.40. The Morgan fingerprint density at radius 3 is 1.70 bits per heavy atom. The van der Waals surface area contributed by atoms with Crippen LogP contribution in [0.25, 0.3) is 10.8 Å². The Kier molecular flexibility index (Phi) is 4.95. The number of hydrogen-bond acceptors (Lipinski definition) is 1. The van der Waals surface area contributed by atoms with Crippen molar-refractivity contribution >= 4 is 47.5 Å². The van der Waals surface area contributed by atoms with E-state index in [0.29, 0.717) is 5.39 Å². The Bertz CT molecular complexity index is 1080. The Morgan fingerprint density at radius 1 is 0.630 bits per heavy atom. The van der Waals surface area contributed by atoms with Crippen LogP contribution in [0.15, 0.2) is 97.1 Å². The molecule has 0 radical (unpaired) electrons. The lowest BCUT2D eigenvalue weighted by Crippen LogP contribution is -2.23. The highest BCUT2D eigenvalue weighted by atomic mass is 31.2. The Labute approximate surface area is 159 Å². The second-order valence-electron chi connectivity index (χ2n) is 6.24. The van der Waals surface area contributed by atoms with Gasteiger partial charge in [-0.05, 0) is 46.7 Å². The van der Waals surface area contributed by atoms with Gasteiger partial charge in [-0.25, -0.2) is 0 Å². The molecule has 0 bridgehead atoms. The molecule has 4 aromatic rings. The third-order valence-corrected chi connectivity index (χ3v) is 7.83. The van der Waals surface area contributed by atoms with Crippen LogP contribution >= 0.6 is 15.5 Å². The summed E-state index contributed by atoms with van der Waals surface area (Å²) < 4.78 is 12.2. The van der Waals surface area contributed by atoms with Crippen LogP contribution in [0.4, 0.5) is 0 Å². The summed E-state index contributed by atoms with van der Waals surface area (Å²) in [5.74, 6) is 0. The van der Waals surface area contributed by atoms with Crippen LogP contribution in [0, 0.1) is 0 Å². The largest absolute Gasteiger partial charge is 0.356 e. The monoisotopic (exact) mass is 392 g/mol. The Hall–Kier alpha value is -2.28. The quantitative estimate of drug-likeness (QED) is 0.524. The molecule has 0 spiro atoms. The maximum atomic E-state index is 12.2. The molecule has 4 rings (SSSR count). The van der Waals surface area contributed by atoms with Crippen molar-refractivity contribution in [2.75, 3.05) is 0 Å². The van der Waals surface area contributed by atoms with Crippen LogP contribution < -0.4 is 21.2 Å². The minimum Gasteiger partial charge on any atom is -0.321 e. The van der Waals surface area contributed by atoms with Gasteiger partial charge in [0.25, 0.3) is 0 Å². The highest BCUT2D eigenvalue weighted by Crippen LogP contribution is 2.39. The highest BCUT2D eigenvalue weighted by Gasteiger charge is 2.24. The van der Waals surface area contributed by atoms with Gasteiger partial charge in [0.2, 0.25) is 0 Å². The fourth-order valence-electron chi connectivity index (χ4n) is 3.25. The normalized spacial score (nSPS) is 11.8. The van der Waals surface area contributed by atoms with Gasteiger partial charge in [0, 0.05) is 0 Å². The van der Waals surface area contributed by atoms with Gasteiger partial charge in [-0.3, -0.25) is 4.57 Å². The molecule has 0 fully saturated rings. The molecule has 0 heterocycles. The zero-order valence-electron chi connectivity index (χ0n) is 14.4. The Balaban J connectivity index is 2.01. The van der Waals surface area contributed by atoms with Crippen LogP contribution in [-0.4, -0.2) is 9.79 Å². The molecule has 4 aromatic carbocycles. The van der Waals surface area contributed by atoms with E-state index in [0.717, 1.165) is 21.3 Å². The fourth-order valence-corrected chi connectivity index (χ4v) is 6.53. The Morgan fingerprint density at radius 2 is 1.15 bits per heavy atom. The van der Waals surface area contributed by atoms with E-state index in [1.165, 1.54) is 0 Å². The summed E-state index contributed by atoms with van der Waals surface area (Å²) in [4.78, 5) is 19.9. The number of hydrogen-bond donors (Lipinski definition) is 2. The maximum absolute atomic E-state index is 12.2. The average molecular weight is 392 g/mol. The van der Waals surface area contributed by atoms with Gasteiger partial charge in [0.15, 0.2) is 0 Å². The van der Waals surface area contributed by atoms with E-state index in [1.807, 2.05) is 48.5 Å². The van der Waals surface area contributed by atoms with Gasteiger partial charge in [-0.2, -0.15) is 0 Å². The molecular weight excluding hydrogens is 374 g/mol. The average Bonchev–Trinajstić information content (AvgIpc) is 2.68. The lowest BCUT2D eigenvalue weighted by Gasteiger charge is -2.21. The molecule has 0 saturated heterocycles. The molecule has 0 saturated carbocycles. The zero-order chi connectivity index (χ0) is 18.9. The predicted octanol–water partition coefficient (Wildman–Crippen LogP) is 3.40. The summed E-state index contributed by atoms with van der Waals surface area (Å²) in [7, 11) is -5.33. The minimum absolute atomic E-state index is 0.0926. The van der Waals surface area contributed by atoms with E-state index >= 15 is 0 Å². The number of benzene rings is 4. The molecule has 0 aliphatic heterocycles. The van der Waals surface area contributed by atoms with E-state index in [-0.39, 0.29) is 5.30 Å². The molecule has 0 amide bonds. The van der Waals surface area contributed by atoms with Gasteiger partial charge in [-0.1, -0.05) is 84.9 Å². The van der Waals surface area contributed by atoms with Crippen molar-refractivity contribution in [1.29, 1.82) is 0 Å². The highest BCUT2D eigenvalue weighted by molar-refractivity contribution is 7.80. The van der Waals surface area contributed by atoms with Crippen molar-refractivity contribution in [3.05, 3.63) is 97.1 Å². The first-order chi connectivity index (χ1) is 13.0. The van der Waals surface area contributed by atoms with Crippen LogP contribution in [-0.2, 0) is 4.57 Å². The molecule has 0 aromatic heterocycles. The smallest absolute Gasteiger partial charge is 0.321 e. The van der Waals surface area contributed by atoms with Gasteiger partial charge in [0.05, 0.1) is 5.30 Å². The molecule has 0 aliphatic carbocycles. The van der Waals surface area contributed by atoms with E-state index in [4.69, 9.17) is 0 Å². The summed E-state index contributed by atoms with van der Waals surface area (Å²) in [5.41, 5.74) is 0. The lowest BCUT2D eigenvalue weighted by atomic mass is 10.1. The first kappa shape index (κ1) is 18.1. The molecule has 27 heavy (non-hydrogen) atoms. The van der Waals surface area contributed by atoms with Crippen molar-refractivity contribution in [2.24, 2.45) is 0 Å². The molecule has 2 N–H and O–H groups in total. The third-order valence-electron chi connectivity index (χ3n) is 4.43. The summed E-state index contributed by atoms with van der Waals surface area (Å²) in [6, 6.07) is 31.4. The van der Waals surface area contributed by atoms with Crippen molar-refractivity contribution in [1.82, 2.24) is 0 Å². The predicted molar refractivity (Wildman–Crippen MR) is 114 cm³/mol. The van der Waals surface area contributed by atoms with Crippen molar-refractivity contribution in [3.63, 3.8) is 0 Å². The second-order valence-corrected chi connectivity index (χ2v) is 10.0. The van der Waals surface area contributed by atoms with Crippen molar-refractivity contribution in [3.8, 4) is 0 Å². The van der Waals surface area contributed by atoms with Crippen LogP contribution in [0.1, 0.15) is 0 Å². The number of fused-ring (bicyclic) bond motifs is 1.